The number of benzene rings is 1. The molecule has 2 heteroatoms. The summed E-state index contributed by atoms with van der Waals surface area (Å²) in [6, 6.07) is 8.08. The molecular weight excluding hydrogens is 236 g/mol. The van der Waals surface area contributed by atoms with Crippen molar-refractivity contribution in [2.75, 3.05) is 0 Å². The van der Waals surface area contributed by atoms with Crippen LogP contribution in [0.5, 0.6) is 5.75 Å². The first kappa shape index (κ1) is 13.0. The Bertz CT molecular complexity index is 411. The molecule has 1 atom stereocenters. The Morgan fingerprint density at radius 1 is 1.00 bits per heavy atom. The van der Waals surface area contributed by atoms with E-state index >= 15 is 0 Å². The van der Waals surface area contributed by atoms with Gasteiger partial charge in [-0.1, -0.05) is 31.4 Å². The monoisotopic (exact) mass is 260 g/mol. The number of hydrogen-bond donors (Lipinski definition) is 1. The van der Waals surface area contributed by atoms with E-state index in [1.54, 1.807) is 0 Å². The maximum atomic E-state index is 10.9. The highest BCUT2D eigenvalue weighted by molar-refractivity contribution is 5.31. The molecule has 0 saturated heterocycles. The maximum Gasteiger partial charge on any atom is 0.119 e. The lowest BCUT2D eigenvalue weighted by molar-refractivity contribution is -0.0215. The van der Waals surface area contributed by atoms with E-state index in [0.717, 1.165) is 24.2 Å². The van der Waals surface area contributed by atoms with Crippen LogP contribution in [0.25, 0.3) is 0 Å². The Morgan fingerprint density at radius 3 is 2.21 bits per heavy atom. The summed E-state index contributed by atoms with van der Waals surface area (Å²) in [6.45, 7) is 1.97. The van der Waals surface area contributed by atoms with Crippen LogP contribution in [0.3, 0.4) is 0 Å². The van der Waals surface area contributed by atoms with Gasteiger partial charge >= 0.3 is 0 Å². The molecule has 0 aromatic heterocycles. The van der Waals surface area contributed by atoms with Crippen LogP contribution in [0.2, 0.25) is 0 Å². The Balaban J connectivity index is 1.71. The minimum atomic E-state index is -0.696. The first-order chi connectivity index (χ1) is 9.16. The summed E-state index contributed by atoms with van der Waals surface area (Å²) in [7, 11) is 0. The predicted octanol–water partition coefficient (Wildman–Crippen LogP) is 4.02. The zero-order valence-electron chi connectivity index (χ0n) is 11.8. The first-order valence-corrected chi connectivity index (χ1v) is 7.66. The lowest BCUT2D eigenvalue weighted by Crippen LogP contribution is -2.33. The minimum absolute atomic E-state index is 0.399. The molecule has 1 N–H and O–H groups in total. The molecule has 1 unspecified atom stereocenters. The van der Waals surface area contributed by atoms with Crippen LogP contribution in [-0.4, -0.2) is 11.2 Å². The molecule has 19 heavy (non-hydrogen) atoms. The van der Waals surface area contributed by atoms with E-state index in [1.807, 2.05) is 31.2 Å². The molecule has 1 aromatic carbocycles. The molecule has 2 aliphatic rings. The van der Waals surface area contributed by atoms with Crippen molar-refractivity contribution in [2.45, 2.75) is 63.6 Å². The summed E-state index contributed by atoms with van der Waals surface area (Å²) in [6.07, 6.45) is 8.92. The minimum Gasteiger partial charge on any atom is -0.490 e. The van der Waals surface area contributed by atoms with Gasteiger partial charge in [-0.3, -0.25) is 0 Å². The van der Waals surface area contributed by atoms with E-state index in [2.05, 4.69) is 0 Å². The third-order valence-electron chi connectivity index (χ3n) is 4.67. The highest BCUT2D eigenvalue weighted by Gasteiger charge is 2.34. The number of hydrogen-bond acceptors (Lipinski definition) is 2. The van der Waals surface area contributed by atoms with Crippen molar-refractivity contribution in [1.82, 2.24) is 0 Å². The van der Waals surface area contributed by atoms with Crippen LogP contribution in [0.4, 0.5) is 0 Å². The average Bonchev–Trinajstić information content (AvgIpc) is 3.24. The fourth-order valence-corrected chi connectivity index (χ4v) is 3.15. The summed E-state index contributed by atoms with van der Waals surface area (Å²) >= 11 is 0. The van der Waals surface area contributed by atoms with Crippen LogP contribution in [0.15, 0.2) is 24.3 Å². The van der Waals surface area contributed by atoms with Gasteiger partial charge in [0.2, 0.25) is 0 Å². The Morgan fingerprint density at radius 2 is 1.63 bits per heavy atom. The Kier molecular flexibility index (Phi) is 3.53. The molecule has 0 radical (unpaired) electrons. The second kappa shape index (κ2) is 5.16. The van der Waals surface area contributed by atoms with Gasteiger partial charge in [0, 0.05) is 0 Å². The third-order valence-corrected chi connectivity index (χ3v) is 4.67. The van der Waals surface area contributed by atoms with Gasteiger partial charge in [-0.25, -0.2) is 0 Å². The van der Waals surface area contributed by atoms with Crippen molar-refractivity contribution < 1.29 is 9.84 Å². The summed E-state index contributed by atoms with van der Waals surface area (Å²) in [5, 5.41) is 10.9. The molecule has 2 fully saturated rings. The highest BCUT2D eigenvalue weighted by Crippen LogP contribution is 2.39. The van der Waals surface area contributed by atoms with Crippen LogP contribution >= 0.6 is 0 Å². The zero-order valence-corrected chi connectivity index (χ0v) is 11.8. The number of ether oxygens (including phenoxy) is 1. The van der Waals surface area contributed by atoms with Gasteiger partial charge in [0.25, 0.3) is 0 Å². The number of rotatable bonds is 4. The molecule has 2 aliphatic carbocycles. The van der Waals surface area contributed by atoms with E-state index < -0.39 is 5.60 Å². The first-order valence-electron chi connectivity index (χ1n) is 7.66. The van der Waals surface area contributed by atoms with Crippen LogP contribution < -0.4 is 4.74 Å². The van der Waals surface area contributed by atoms with Gasteiger partial charge in [-0.2, -0.15) is 0 Å². The van der Waals surface area contributed by atoms with Gasteiger partial charge in [0.05, 0.1) is 11.7 Å². The molecule has 0 aliphatic heterocycles. The molecule has 104 valence electrons. The molecular formula is C17H24O2. The van der Waals surface area contributed by atoms with Crippen LogP contribution in [0, 0.1) is 5.92 Å². The molecule has 2 nitrogen and oxygen atoms in total. The summed E-state index contributed by atoms with van der Waals surface area (Å²) < 4.78 is 5.76. The largest absolute Gasteiger partial charge is 0.490 e. The highest BCUT2D eigenvalue weighted by atomic mass is 16.5. The van der Waals surface area contributed by atoms with E-state index in [9.17, 15) is 5.11 Å². The molecule has 1 aromatic rings. The van der Waals surface area contributed by atoms with Gasteiger partial charge in [0.15, 0.2) is 0 Å². The molecule has 0 amide bonds. The molecule has 3 rings (SSSR count). The van der Waals surface area contributed by atoms with Crippen LogP contribution in [0.1, 0.15) is 57.4 Å². The fraction of sp³-hybridized carbons (Fsp3) is 0.647. The van der Waals surface area contributed by atoms with Gasteiger partial charge in [0.1, 0.15) is 5.75 Å². The lowest BCUT2D eigenvalue weighted by Gasteiger charge is -2.36. The maximum absolute atomic E-state index is 10.9. The second-order valence-corrected chi connectivity index (χ2v) is 6.32. The third kappa shape index (κ3) is 2.94. The van der Waals surface area contributed by atoms with Crippen molar-refractivity contribution in [3.05, 3.63) is 29.8 Å². The fourth-order valence-electron chi connectivity index (χ4n) is 3.15. The van der Waals surface area contributed by atoms with E-state index in [4.69, 9.17) is 4.74 Å². The van der Waals surface area contributed by atoms with Crippen molar-refractivity contribution in [3.63, 3.8) is 0 Å². The van der Waals surface area contributed by atoms with Gasteiger partial charge in [-0.15, -0.1) is 0 Å². The standard InChI is InChI=1S/C17H24O2/c1-17(18,13-5-3-2-4-6-13)14-7-9-15(10-8-14)19-16-11-12-16/h7-10,13,16,18H,2-6,11-12H2,1H3. The Hall–Kier alpha value is -1.02. The molecule has 0 bridgehead atoms. The second-order valence-electron chi connectivity index (χ2n) is 6.32. The van der Waals surface area contributed by atoms with E-state index in [1.165, 1.54) is 32.1 Å². The lowest BCUT2D eigenvalue weighted by atomic mass is 9.74. The summed E-state index contributed by atoms with van der Waals surface area (Å²) in [5.41, 5.74) is 0.334. The summed E-state index contributed by atoms with van der Waals surface area (Å²) in [4.78, 5) is 0. The Labute approximate surface area is 115 Å². The van der Waals surface area contributed by atoms with Crippen molar-refractivity contribution in [3.8, 4) is 5.75 Å². The SMILES string of the molecule is CC(O)(c1ccc(OC2CC2)cc1)C1CCCCC1. The normalized spacial score (nSPS) is 23.9. The average molecular weight is 260 g/mol. The smallest absolute Gasteiger partial charge is 0.119 e. The quantitative estimate of drug-likeness (QED) is 0.886. The van der Waals surface area contributed by atoms with Crippen molar-refractivity contribution in [2.24, 2.45) is 5.92 Å². The van der Waals surface area contributed by atoms with E-state index in [-0.39, 0.29) is 0 Å². The van der Waals surface area contributed by atoms with E-state index in [0.29, 0.717) is 12.0 Å². The summed E-state index contributed by atoms with van der Waals surface area (Å²) in [5.74, 6) is 1.34. The van der Waals surface area contributed by atoms with Gasteiger partial charge < -0.3 is 9.84 Å². The number of aliphatic hydroxyl groups is 1. The predicted molar refractivity (Wildman–Crippen MR) is 76.2 cm³/mol. The van der Waals surface area contributed by atoms with Gasteiger partial charge in [-0.05, 0) is 56.2 Å². The molecule has 0 spiro atoms. The van der Waals surface area contributed by atoms with Crippen molar-refractivity contribution >= 4 is 0 Å². The zero-order chi connectivity index (χ0) is 13.3. The van der Waals surface area contributed by atoms with Crippen LogP contribution in [-0.2, 0) is 5.60 Å². The topological polar surface area (TPSA) is 29.5 Å². The van der Waals surface area contributed by atoms with Crippen molar-refractivity contribution in [1.29, 1.82) is 0 Å². The molecule has 2 saturated carbocycles. The molecule has 0 heterocycles.